The topological polar surface area (TPSA) is 30.0 Å². The van der Waals surface area contributed by atoms with Crippen molar-refractivity contribution in [2.24, 2.45) is 17.8 Å². The van der Waals surface area contributed by atoms with Crippen LogP contribution in [0.15, 0.2) is 71.5 Å². The highest BCUT2D eigenvalue weighted by Crippen LogP contribution is 2.47. The van der Waals surface area contributed by atoms with Crippen LogP contribution in [-0.4, -0.2) is 23.4 Å². The summed E-state index contributed by atoms with van der Waals surface area (Å²) in [6.45, 7) is 6.81. The van der Waals surface area contributed by atoms with Crippen LogP contribution in [0.3, 0.4) is 0 Å². The van der Waals surface area contributed by atoms with E-state index in [0.717, 1.165) is 44.3 Å². The predicted molar refractivity (Wildman–Crippen MR) is 129 cm³/mol. The van der Waals surface area contributed by atoms with E-state index in [1.54, 1.807) is 0 Å². The zero-order valence-corrected chi connectivity index (χ0v) is 19.0. The van der Waals surface area contributed by atoms with E-state index in [9.17, 15) is 5.26 Å². The Morgan fingerprint density at radius 3 is 2.53 bits per heavy atom. The van der Waals surface area contributed by atoms with E-state index in [0.29, 0.717) is 17.8 Å². The van der Waals surface area contributed by atoms with Gasteiger partial charge in [-0.2, -0.15) is 9.84 Å². The molecule has 2 aliphatic heterocycles. The Kier molecular flexibility index (Phi) is 4.57. The van der Waals surface area contributed by atoms with E-state index in [4.69, 9.17) is 0 Å². The number of para-hydroxylation sites is 2. The summed E-state index contributed by atoms with van der Waals surface area (Å²) in [4.78, 5) is 2.51. The minimum atomic E-state index is 0.466. The largest absolute Gasteiger partial charge is 0.345 e. The lowest BCUT2D eigenvalue weighted by molar-refractivity contribution is -0.430. The summed E-state index contributed by atoms with van der Waals surface area (Å²) in [5, 5.41) is 10.4. The minimum absolute atomic E-state index is 0.466. The van der Waals surface area contributed by atoms with Crippen LogP contribution in [-0.2, 0) is 12.8 Å². The molecule has 2 aromatic rings. The lowest BCUT2D eigenvalue weighted by Crippen LogP contribution is -2.37. The molecule has 0 saturated heterocycles. The van der Waals surface area contributed by atoms with Crippen LogP contribution < -0.4 is 4.90 Å². The van der Waals surface area contributed by atoms with Gasteiger partial charge in [-0.15, -0.1) is 0 Å². The Labute approximate surface area is 191 Å². The van der Waals surface area contributed by atoms with Crippen LogP contribution in [0.4, 0.5) is 11.4 Å². The zero-order valence-electron chi connectivity index (χ0n) is 19.0. The summed E-state index contributed by atoms with van der Waals surface area (Å²) >= 11 is 0. The molecule has 2 aromatic carbocycles. The fourth-order valence-electron chi connectivity index (χ4n) is 6.72. The number of fused-ring (bicyclic) bond motifs is 3. The van der Waals surface area contributed by atoms with Crippen molar-refractivity contribution in [3.63, 3.8) is 0 Å². The van der Waals surface area contributed by atoms with Crippen LogP contribution in [0.5, 0.6) is 0 Å². The fourth-order valence-corrected chi connectivity index (χ4v) is 6.72. The van der Waals surface area contributed by atoms with Gasteiger partial charge in [-0.25, -0.2) is 0 Å². The van der Waals surface area contributed by atoms with Crippen molar-refractivity contribution in [3.05, 3.63) is 82.6 Å². The monoisotopic (exact) mass is 420 g/mol. The van der Waals surface area contributed by atoms with E-state index in [-0.39, 0.29) is 0 Å². The molecule has 0 fully saturated rings. The molecule has 2 aliphatic carbocycles. The number of allylic oxidation sites excluding steroid dienone is 4. The van der Waals surface area contributed by atoms with Gasteiger partial charge < -0.3 is 4.90 Å². The van der Waals surface area contributed by atoms with E-state index < -0.39 is 0 Å². The van der Waals surface area contributed by atoms with E-state index >= 15 is 0 Å². The Morgan fingerprint density at radius 2 is 1.69 bits per heavy atom. The fraction of sp³-hybridized carbons (Fsp3) is 0.379. The van der Waals surface area contributed by atoms with Gasteiger partial charge >= 0.3 is 0 Å². The third kappa shape index (κ3) is 2.89. The van der Waals surface area contributed by atoms with Crippen LogP contribution in [0, 0.1) is 29.1 Å². The van der Waals surface area contributed by atoms with Crippen LogP contribution in [0.25, 0.3) is 0 Å². The van der Waals surface area contributed by atoms with Gasteiger partial charge in [0.1, 0.15) is 11.6 Å². The first-order chi connectivity index (χ1) is 15.7. The van der Waals surface area contributed by atoms with Crippen LogP contribution in [0.2, 0.25) is 0 Å². The van der Waals surface area contributed by atoms with Crippen molar-refractivity contribution in [2.45, 2.75) is 39.5 Å². The third-order valence-electron chi connectivity index (χ3n) is 8.09. The van der Waals surface area contributed by atoms with Gasteiger partial charge in [-0.05, 0) is 53.9 Å². The molecule has 160 valence electrons. The van der Waals surface area contributed by atoms with Crippen molar-refractivity contribution in [1.29, 1.82) is 5.26 Å². The molecule has 0 saturated carbocycles. The minimum Gasteiger partial charge on any atom is -0.345 e. The second-order valence-electron chi connectivity index (χ2n) is 9.97. The molecule has 32 heavy (non-hydrogen) atoms. The van der Waals surface area contributed by atoms with E-state index in [2.05, 4.69) is 84.0 Å². The summed E-state index contributed by atoms with van der Waals surface area (Å²) in [5.41, 5.74) is 10.3. The van der Waals surface area contributed by atoms with Crippen molar-refractivity contribution < 1.29 is 4.58 Å². The van der Waals surface area contributed by atoms with Crippen molar-refractivity contribution in [3.8, 4) is 6.07 Å². The average molecular weight is 421 g/mol. The molecular weight excluding hydrogens is 390 g/mol. The van der Waals surface area contributed by atoms with Crippen LogP contribution in [0.1, 0.15) is 37.8 Å². The van der Waals surface area contributed by atoms with Gasteiger partial charge in [0, 0.05) is 42.4 Å². The van der Waals surface area contributed by atoms with Gasteiger partial charge in [0.05, 0.1) is 0 Å². The maximum absolute atomic E-state index is 10.4. The normalized spacial score (nSPS) is 28.7. The first kappa shape index (κ1) is 19.6. The van der Waals surface area contributed by atoms with Crippen molar-refractivity contribution in [2.75, 3.05) is 18.0 Å². The molecule has 3 heteroatoms. The summed E-state index contributed by atoms with van der Waals surface area (Å²) in [7, 11) is 0. The number of nitrogens with zero attached hydrogens (tertiary/aromatic N) is 3. The van der Waals surface area contributed by atoms with Gasteiger partial charge in [-0.1, -0.05) is 50.2 Å². The molecule has 3 unspecified atom stereocenters. The molecule has 3 atom stereocenters. The molecule has 0 amide bonds. The third-order valence-corrected chi connectivity index (χ3v) is 8.09. The highest BCUT2D eigenvalue weighted by Gasteiger charge is 2.43. The molecule has 0 aromatic heterocycles. The van der Waals surface area contributed by atoms with Crippen LogP contribution >= 0.6 is 0 Å². The quantitative estimate of drug-likeness (QED) is 0.547. The molecule has 2 heterocycles. The molecule has 0 N–H and O–H groups in total. The maximum Gasteiger partial charge on any atom is 0.208 e. The second-order valence-corrected chi connectivity index (χ2v) is 9.97. The highest BCUT2D eigenvalue weighted by atomic mass is 15.2. The average Bonchev–Trinajstić information content (AvgIpc) is 3.43. The maximum atomic E-state index is 10.4. The first-order valence-electron chi connectivity index (χ1n) is 12.1. The zero-order chi connectivity index (χ0) is 21.8. The Bertz CT molecular complexity index is 1240. The standard InChI is InChI=1S/C29H30N3/c1-19-15-23(31-13-11-21-7-3-5-9-26(21)31)17-24-25(18-30)28(16-20(2)29(19)24)32-14-12-22-8-4-6-10-27(22)32/h3-10,17,19-20,29H,11-16H2,1-2H3/q+1. The molecule has 6 rings (SSSR count). The van der Waals surface area contributed by atoms with E-state index in [1.807, 2.05) is 0 Å². The number of benzene rings is 2. The summed E-state index contributed by atoms with van der Waals surface area (Å²) in [6, 6.07) is 20.2. The highest BCUT2D eigenvalue weighted by molar-refractivity contribution is 6.03. The lowest BCUT2D eigenvalue weighted by atomic mass is 9.66. The lowest BCUT2D eigenvalue weighted by Gasteiger charge is -2.40. The van der Waals surface area contributed by atoms with Gasteiger partial charge in [0.2, 0.25) is 5.69 Å². The Morgan fingerprint density at radius 1 is 0.938 bits per heavy atom. The first-order valence-corrected chi connectivity index (χ1v) is 12.1. The number of hydrogen-bond donors (Lipinski definition) is 0. The molecule has 3 nitrogen and oxygen atoms in total. The summed E-state index contributed by atoms with van der Waals surface area (Å²) in [5.74, 6) is 1.56. The second kappa shape index (κ2) is 7.48. The molecule has 0 bridgehead atoms. The van der Waals surface area contributed by atoms with Crippen molar-refractivity contribution >= 4 is 17.1 Å². The number of hydrogen-bond acceptors (Lipinski definition) is 2. The number of anilines is 1. The van der Waals surface area contributed by atoms with Gasteiger partial charge in [0.25, 0.3) is 0 Å². The molecule has 0 radical (unpaired) electrons. The molecular formula is C29H30N3+. The predicted octanol–water partition coefficient (Wildman–Crippen LogP) is 5.79. The summed E-state index contributed by atoms with van der Waals surface area (Å²) in [6.07, 6.45) is 6.64. The molecule has 4 aliphatic rings. The number of rotatable bonds is 1. The Hall–Kier alpha value is -3.12. The summed E-state index contributed by atoms with van der Waals surface area (Å²) < 4.78 is 2.44. The Balaban J connectivity index is 1.51. The van der Waals surface area contributed by atoms with Gasteiger partial charge in [0.15, 0.2) is 12.3 Å². The van der Waals surface area contributed by atoms with Crippen molar-refractivity contribution in [1.82, 2.24) is 0 Å². The SMILES string of the molecule is CC1CC(N2CCc3ccccc32)=CC2=C(C#N)/C(=[N+]3\CCc4ccccc43)CC(C)C21. The molecule has 0 spiro atoms. The number of nitriles is 1. The van der Waals surface area contributed by atoms with E-state index in [1.165, 1.54) is 39.5 Å². The van der Waals surface area contributed by atoms with Gasteiger partial charge in [-0.3, -0.25) is 0 Å². The smallest absolute Gasteiger partial charge is 0.208 e.